The van der Waals surface area contributed by atoms with Gasteiger partial charge in [0.25, 0.3) is 0 Å². The van der Waals surface area contributed by atoms with Gasteiger partial charge in [-0.1, -0.05) is 72.8 Å². The zero-order valence-corrected chi connectivity index (χ0v) is 21.6. The highest BCUT2D eigenvalue weighted by Gasteiger charge is 2.22. The molecule has 0 spiro atoms. The van der Waals surface area contributed by atoms with Crippen LogP contribution in [0.25, 0.3) is 61.6 Å². The number of benzene rings is 5. The van der Waals surface area contributed by atoms with E-state index in [0.29, 0.717) is 0 Å². The van der Waals surface area contributed by atoms with Gasteiger partial charge < -0.3 is 4.74 Å². The second kappa shape index (κ2) is 9.14. The van der Waals surface area contributed by atoms with Crippen molar-refractivity contribution in [2.45, 2.75) is 6.42 Å². The summed E-state index contributed by atoms with van der Waals surface area (Å²) in [7, 11) is 0. The summed E-state index contributed by atoms with van der Waals surface area (Å²) in [5.41, 5.74) is 12.7. The minimum atomic E-state index is 0.833. The molecule has 0 saturated carbocycles. The van der Waals surface area contributed by atoms with E-state index in [1.807, 2.05) is 18.3 Å². The van der Waals surface area contributed by atoms with E-state index in [1.165, 1.54) is 0 Å². The zero-order chi connectivity index (χ0) is 26.5. The van der Waals surface area contributed by atoms with E-state index in [-0.39, 0.29) is 0 Å². The van der Waals surface area contributed by atoms with E-state index in [1.54, 1.807) is 12.4 Å². The molecule has 6 aromatic rings. The summed E-state index contributed by atoms with van der Waals surface area (Å²) in [6, 6.07) is 33.9. The van der Waals surface area contributed by atoms with E-state index < -0.39 is 0 Å². The largest absolute Gasteiger partial charge is 0.456 e. The molecule has 0 unspecified atom stereocenters. The molecule has 2 aliphatic rings. The van der Waals surface area contributed by atoms with Gasteiger partial charge in [-0.25, -0.2) is 0 Å². The molecule has 0 bridgehead atoms. The number of aromatic nitrogens is 2. The first kappa shape index (κ1) is 22.6. The van der Waals surface area contributed by atoms with Crippen LogP contribution in [0.1, 0.15) is 12.0 Å². The number of hydrogen-bond acceptors (Lipinski definition) is 4. The second-order valence-corrected chi connectivity index (χ2v) is 9.99. The summed E-state index contributed by atoms with van der Waals surface area (Å²) in [4.78, 5) is 13.8. The van der Waals surface area contributed by atoms with Crippen molar-refractivity contribution in [2.75, 3.05) is 0 Å². The molecule has 0 saturated heterocycles. The number of hydrogen-bond donors (Lipinski definition) is 0. The molecule has 0 radical (unpaired) electrons. The Bertz CT molecular complexity index is 2020. The molecule has 0 N–H and O–H groups in total. The Labute approximate surface area is 232 Å². The molecule has 4 heteroatoms. The van der Waals surface area contributed by atoms with Crippen LogP contribution in [0, 0.1) is 0 Å². The van der Waals surface area contributed by atoms with E-state index in [0.717, 1.165) is 84.7 Å². The average molecular weight is 514 g/mol. The van der Waals surface area contributed by atoms with Crippen LogP contribution in [0.3, 0.4) is 0 Å². The smallest absolute Gasteiger partial charge is 0.135 e. The normalized spacial score (nSPS) is 12.9. The van der Waals surface area contributed by atoms with Crippen molar-refractivity contribution in [1.82, 2.24) is 9.97 Å². The molecular formula is C36H23N3O. The molecule has 5 aromatic carbocycles. The van der Waals surface area contributed by atoms with Gasteiger partial charge >= 0.3 is 0 Å². The Balaban J connectivity index is 1.30. The van der Waals surface area contributed by atoms with Gasteiger partial charge in [0.05, 0.1) is 16.7 Å². The van der Waals surface area contributed by atoms with Crippen molar-refractivity contribution in [3.63, 3.8) is 0 Å². The summed E-state index contributed by atoms with van der Waals surface area (Å²) in [6.07, 6.45) is 10.6. The van der Waals surface area contributed by atoms with Crippen molar-refractivity contribution in [3.8, 4) is 56.0 Å². The number of nitrogens with zero attached hydrogens (tertiary/aromatic N) is 3. The van der Waals surface area contributed by atoms with Gasteiger partial charge in [-0.3, -0.25) is 15.0 Å². The third-order valence-corrected chi connectivity index (χ3v) is 7.65. The number of aliphatic imine (C=N–C) groups is 1. The molecule has 0 atom stereocenters. The minimum absolute atomic E-state index is 0.833. The fourth-order valence-corrected chi connectivity index (χ4v) is 5.78. The van der Waals surface area contributed by atoms with Crippen molar-refractivity contribution < 1.29 is 4.74 Å². The molecular weight excluding hydrogens is 490 g/mol. The van der Waals surface area contributed by atoms with Crippen LogP contribution in [-0.4, -0.2) is 16.2 Å². The minimum Gasteiger partial charge on any atom is -0.456 e. The second-order valence-electron chi connectivity index (χ2n) is 9.99. The van der Waals surface area contributed by atoms with Crippen LogP contribution in [0.2, 0.25) is 0 Å². The van der Waals surface area contributed by atoms with Gasteiger partial charge in [-0.15, -0.1) is 0 Å². The van der Waals surface area contributed by atoms with Gasteiger partial charge in [0.1, 0.15) is 11.5 Å². The van der Waals surface area contributed by atoms with Crippen LogP contribution in [0.5, 0.6) is 11.5 Å². The Hall–Kier alpha value is -5.35. The van der Waals surface area contributed by atoms with E-state index >= 15 is 0 Å². The highest BCUT2D eigenvalue weighted by molar-refractivity contribution is 5.97. The average Bonchev–Trinajstić information content (AvgIpc) is 3.34. The lowest BCUT2D eigenvalue weighted by atomic mass is 9.90. The lowest BCUT2D eigenvalue weighted by molar-refractivity contribution is 0.488. The topological polar surface area (TPSA) is 47.4 Å². The van der Waals surface area contributed by atoms with Crippen LogP contribution in [0.15, 0.2) is 121 Å². The fraction of sp³-hybridized carbons (Fsp3) is 0.0278. The van der Waals surface area contributed by atoms with Crippen molar-refractivity contribution in [1.29, 1.82) is 0 Å². The maximum absolute atomic E-state index is 6.62. The molecule has 8 rings (SSSR count). The first-order valence-electron chi connectivity index (χ1n) is 13.4. The van der Waals surface area contributed by atoms with Crippen molar-refractivity contribution in [3.05, 3.63) is 121 Å². The predicted molar refractivity (Wildman–Crippen MR) is 163 cm³/mol. The van der Waals surface area contributed by atoms with Crippen molar-refractivity contribution in [2.24, 2.45) is 4.99 Å². The summed E-state index contributed by atoms with van der Waals surface area (Å²) in [6.45, 7) is 0. The van der Waals surface area contributed by atoms with E-state index in [9.17, 15) is 0 Å². The summed E-state index contributed by atoms with van der Waals surface area (Å²) in [5.74, 6) is 1.68. The Morgan fingerprint density at radius 1 is 0.575 bits per heavy atom. The number of para-hydroxylation sites is 1. The number of allylic oxidation sites excluding steroid dienone is 1. The van der Waals surface area contributed by atoms with Gasteiger partial charge in [0, 0.05) is 47.3 Å². The highest BCUT2D eigenvalue weighted by Crippen LogP contribution is 2.49. The third-order valence-electron chi connectivity index (χ3n) is 7.65. The Morgan fingerprint density at radius 2 is 1.25 bits per heavy atom. The first-order valence-corrected chi connectivity index (χ1v) is 13.4. The molecule has 188 valence electrons. The molecule has 0 aliphatic carbocycles. The van der Waals surface area contributed by atoms with Gasteiger partial charge in [0.2, 0.25) is 0 Å². The molecule has 1 aromatic heterocycles. The standard InChI is InChI=1S/C36H23N3O/c1-2-8-28-27(7-1)30-21-23(25-10-5-12-32-29(25)9-3-4-18-37-32)14-16-34(30)40-35-17-15-24(22-31(28)35)26-11-6-13-33-36(26)39-20-19-38-33/h1-3,5-22H,4H2. The summed E-state index contributed by atoms with van der Waals surface area (Å²) in [5, 5.41) is 0. The summed E-state index contributed by atoms with van der Waals surface area (Å²) >= 11 is 0. The molecule has 4 nitrogen and oxygen atoms in total. The van der Waals surface area contributed by atoms with Crippen LogP contribution in [0.4, 0.5) is 5.69 Å². The van der Waals surface area contributed by atoms with Crippen LogP contribution in [-0.2, 0) is 0 Å². The molecule has 0 amide bonds. The Kier molecular flexibility index (Phi) is 5.17. The monoisotopic (exact) mass is 513 g/mol. The molecule has 2 aliphatic heterocycles. The molecule has 0 fully saturated rings. The molecule has 40 heavy (non-hydrogen) atoms. The SMILES string of the molecule is C1=Cc2c(cccc2-c2ccc3c(c2)-c2ccccc2-c2cc(-c4cccc5nccnc45)ccc2O3)N=CC1. The van der Waals surface area contributed by atoms with E-state index in [4.69, 9.17) is 4.74 Å². The quantitative estimate of drug-likeness (QED) is 0.231. The fourth-order valence-electron chi connectivity index (χ4n) is 5.78. The predicted octanol–water partition coefficient (Wildman–Crippen LogP) is 9.52. The Morgan fingerprint density at radius 3 is 2.05 bits per heavy atom. The number of ether oxygens (including phenoxy) is 1. The first-order chi connectivity index (χ1) is 19.8. The third kappa shape index (κ3) is 3.65. The van der Waals surface area contributed by atoms with Gasteiger partial charge in [0.15, 0.2) is 0 Å². The summed E-state index contributed by atoms with van der Waals surface area (Å²) < 4.78 is 6.62. The van der Waals surface area contributed by atoms with Gasteiger partial charge in [-0.2, -0.15) is 0 Å². The van der Waals surface area contributed by atoms with Crippen molar-refractivity contribution >= 4 is 29.0 Å². The maximum atomic E-state index is 6.62. The zero-order valence-electron chi connectivity index (χ0n) is 21.6. The molecule has 3 heterocycles. The van der Waals surface area contributed by atoms with Crippen LogP contribution < -0.4 is 4.74 Å². The lowest BCUT2D eigenvalue weighted by Crippen LogP contribution is -1.90. The lowest BCUT2D eigenvalue weighted by Gasteiger charge is -2.14. The number of fused-ring (bicyclic) bond motifs is 7. The number of rotatable bonds is 2. The maximum Gasteiger partial charge on any atom is 0.135 e. The van der Waals surface area contributed by atoms with Crippen LogP contribution >= 0.6 is 0 Å². The van der Waals surface area contributed by atoms with Gasteiger partial charge in [-0.05, 0) is 64.2 Å². The van der Waals surface area contributed by atoms with E-state index in [2.05, 4.69) is 112 Å². The highest BCUT2D eigenvalue weighted by atomic mass is 16.5.